The van der Waals surface area contributed by atoms with Gasteiger partial charge < -0.3 is 9.47 Å². The molecule has 0 bridgehead atoms. The molecule has 22 heavy (non-hydrogen) atoms. The molecular formula is C19H28O3. The van der Waals surface area contributed by atoms with Crippen molar-refractivity contribution >= 4 is 5.78 Å². The van der Waals surface area contributed by atoms with Crippen molar-refractivity contribution in [1.82, 2.24) is 0 Å². The van der Waals surface area contributed by atoms with Crippen LogP contribution in [0.15, 0.2) is 12.1 Å². The summed E-state index contributed by atoms with van der Waals surface area (Å²) in [4.78, 5) is 12.3. The van der Waals surface area contributed by atoms with Crippen molar-refractivity contribution in [2.24, 2.45) is 0 Å². The molecule has 0 spiro atoms. The molecular weight excluding hydrogens is 276 g/mol. The lowest BCUT2D eigenvalue weighted by atomic mass is 9.63. The van der Waals surface area contributed by atoms with Crippen molar-refractivity contribution in [2.75, 3.05) is 13.9 Å². The summed E-state index contributed by atoms with van der Waals surface area (Å²) < 4.78 is 10.7. The molecule has 122 valence electrons. The third-order valence-electron chi connectivity index (χ3n) is 4.91. The number of benzene rings is 1. The largest absolute Gasteiger partial charge is 0.467 e. The van der Waals surface area contributed by atoms with Gasteiger partial charge in [0.25, 0.3) is 0 Å². The fourth-order valence-electron chi connectivity index (χ4n) is 3.24. The quantitative estimate of drug-likeness (QED) is 0.588. The molecule has 1 aliphatic rings. The van der Waals surface area contributed by atoms with Gasteiger partial charge in [-0.25, -0.2) is 0 Å². The van der Waals surface area contributed by atoms with Crippen LogP contribution in [-0.4, -0.2) is 19.7 Å². The summed E-state index contributed by atoms with van der Waals surface area (Å²) in [6.07, 6.45) is 2.74. The van der Waals surface area contributed by atoms with E-state index < -0.39 is 0 Å². The van der Waals surface area contributed by atoms with Crippen LogP contribution in [0.1, 0.15) is 75.4 Å². The van der Waals surface area contributed by atoms with Gasteiger partial charge in [-0.05, 0) is 46.9 Å². The van der Waals surface area contributed by atoms with Crippen LogP contribution in [0, 0.1) is 0 Å². The number of hydrogen-bond donors (Lipinski definition) is 0. The second-order valence-corrected chi connectivity index (χ2v) is 7.49. The Morgan fingerprint density at radius 3 is 2.14 bits per heavy atom. The molecule has 2 rings (SSSR count). The minimum Gasteiger partial charge on any atom is -0.467 e. The standard InChI is InChI=1S/C19H28O3/c1-7-16(20)13-10-14-15(11-17(13)22-12-21-6)19(4,5)9-8-18(14,2)3/h10-11H,7-9,12H2,1-6H3. The smallest absolute Gasteiger partial charge is 0.188 e. The maximum atomic E-state index is 12.3. The Balaban J connectivity index is 2.63. The number of ether oxygens (including phenoxy) is 2. The number of fused-ring (bicyclic) bond motifs is 1. The lowest BCUT2D eigenvalue weighted by Crippen LogP contribution is -2.34. The average molecular weight is 304 g/mol. The van der Waals surface area contributed by atoms with E-state index in [-0.39, 0.29) is 23.4 Å². The number of methoxy groups -OCH3 is 1. The zero-order valence-corrected chi connectivity index (χ0v) is 14.7. The molecule has 0 aliphatic heterocycles. The van der Waals surface area contributed by atoms with Crippen LogP contribution in [-0.2, 0) is 15.6 Å². The highest BCUT2D eigenvalue weighted by Crippen LogP contribution is 2.47. The lowest BCUT2D eigenvalue weighted by Gasteiger charge is -2.42. The molecule has 0 saturated carbocycles. The highest BCUT2D eigenvalue weighted by atomic mass is 16.7. The molecule has 3 heteroatoms. The summed E-state index contributed by atoms with van der Waals surface area (Å²) in [5, 5.41) is 0. The number of ketones is 1. The van der Waals surface area contributed by atoms with Gasteiger partial charge >= 0.3 is 0 Å². The van der Waals surface area contributed by atoms with Crippen molar-refractivity contribution in [1.29, 1.82) is 0 Å². The molecule has 0 saturated heterocycles. The Morgan fingerprint density at radius 1 is 1.09 bits per heavy atom. The number of carbonyl (C=O) groups is 1. The molecule has 0 amide bonds. The first-order valence-electron chi connectivity index (χ1n) is 8.07. The van der Waals surface area contributed by atoms with Gasteiger partial charge in [0, 0.05) is 13.5 Å². The molecule has 0 fully saturated rings. The van der Waals surface area contributed by atoms with Crippen molar-refractivity contribution in [3.63, 3.8) is 0 Å². The Hall–Kier alpha value is -1.35. The molecule has 0 atom stereocenters. The Bertz CT molecular complexity index is 570. The fourth-order valence-corrected chi connectivity index (χ4v) is 3.24. The van der Waals surface area contributed by atoms with E-state index >= 15 is 0 Å². The van der Waals surface area contributed by atoms with Gasteiger partial charge in [0.05, 0.1) is 5.56 Å². The molecule has 3 nitrogen and oxygen atoms in total. The number of rotatable bonds is 5. The van der Waals surface area contributed by atoms with Crippen molar-refractivity contribution in [2.45, 2.75) is 64.7 Å². The zero-order chi connectivity index (χ0) is 16.5. The third-order valence-corrected chi connectivity index (χ3v) is 4.91. The Morgan fingerprint density at radius 2 is 1.64 bits per heavy atom. The molecule has 0 heterocycles. The predicted molar refractivity (Wildman–Crippen MR) is 88.9 cm³/mol. The average Bonchev–Trinajstić information content (AvgIpc) is 2.48. The lowest BCUT2D eigenvalue weighted by molar-refractivity contribution is 0.0500. The van der Waals surface area contributed by atoms with Gasteiger partial charge in [0.2, 0.25) is 0 Å². The van der Waals surface area contributed by atoms with E-state index in [4.69, 9.17) is 9.47 Å². The second-order valence-electron chi connectivity index (χ2n) is 7.49. The molecule has 0 unspecified atom stereocenters. The Kier molecular flexibility index (Phi) is 4.67. The minimum atomic E-state index is 0.0907. The zero-order valence-electron chi connectivity index (χ0n) is 14.7. The van der Waals surface area contributed by atoms with E-state index in [0.29, 0.717) is 17.7 Å². The first-order valence-corrected chi connectivity index (χ1v) is 8.07. The van der Waals surface area contributed by atoms with Crippen LogP contribution in [0.3, 0.4) is 0 Å². The summed E-state index contributed by atoms with van der Waals surface area (Å²) in [5.41, 5.74) is 3.45. The molecule has 0 radical (unpaired) electrons. The van der Waals surface area contributed by atoms with Gasteiger partial charge in [-0.2, -0.15) is 0 Å². The van der Waals surface area contributed by atoms with Crippen molar-refractivity contribution in [3.05, 3.63) is 28.8 Å². The topological polar surface area (TPSA) is 35.5 Å². The summed E-state index contributed by atoms with van der Waals surface area (Å²) in [6.45, 7) is 11.1. The highest BCUT2D eigenvalue weighted by Gasteiger charge is 2.38. The molecule has 0 aromatic heterocycles. The Labute approximate surface area is 134 Å². The van der Waals surface area contributed by atoms with Gasteiger partial charge in [-0.3, -0.25) is 4.79 Å². The monoisotopic (exact) mass is 304 g/mol. The second kappa shape index (κ2) is 6.04. The van der Waals surface area contributed by atoms with E-state index in [0.717, 1.165) is 12.8 Å². The van der Waals surface area contributed by atoms with E-state index in [1.807, 2.05) is 6.92 Å². The number of Topliss-reactive ketones (excluding diaryl/α,β-unsaturated/α-hetero) is 1. The van der Waals surface area contributed by atoms with E-state index in [1.165, 1.54) is 11.1 Å². The van der Waals surface area contributed by atoms with Gasteiger partial charge in [0.1, 0.15) is 5.75 Å². The van der Waals surface area contributed by atoms with Gasteiger partial charge in [-0.1, -0.05) is 34.6 Å². The fraction of sp³-hybridized carbons (Fsp3) is 0.632. The van der Waals surface area contributed by atoms with Crippen molar-refractivity contribution in [3.8, 4) is 5.75 Å². The number of carbonyl (C=O) groups excluding carboxylic acids is 1. The van der Waals surface area contributed by atoms with Crippen LogP contribution in [0.4, 0.5) is 0 Å². The van der Waals surface area contributed by atoms with Crippen LogP contribution < -0.4 is 4.74 Å². The maximum absolute atomic E-state index is 12.3. The summed E-state index contributed by atoms with van der Waals surface area (Å²) in [5.74, 6) is 0.770. The summed E-state index contributed by atoms with van der Waals surface area (Å²) >= 11 is 0. The van der Waals surface area contributed by atoms with E-state index in [1.54, 1.807) is 7.11 Å². The predicted octanol–water partition coefficient (Wildman–Crippen LogP) is 4.61. The van der Waals surface area contributed by atoms with Gasteiger partial charge in [0.15, 0.2) is 12.6 Å². The molecule has 1 aromatic rings. The normalized spacial score (nSPS) is 18.6. The first-order chi connectivity index (χ1) is 10.2. The molecule has 1 aliphatic carbocycles. The van der Waals surface area contributed by atoms with Crippen molar-refractivity contribution < 1.29 is 14.3 Å². The first kappa shape index (κ1) is 17.0. The minimum absolute atomic E-state index is 0.0907. The van der Waals surface area contributed by atoms with Crippen LogP contribution in [0.2, 0.25) is 0 Å². The van der Waals surface area contributed by atoms with Gasteiger partial charge in [-0.15, -0.1) is 0 Å². The molecule has 1 aromatic carbocycles. The third kappa shape index (κ3) is 3.05. The summed E-state index contributed by atoms with van der Waals surface area (Å²) in [6, 6.07) is 4.13. The van der Waals surface area contributed by atoms with Crippen LogP contribution in [0.25, 0.3) is 0 Å². The molecule has 0 N–H and O–H groups in total. The van der Waals surface area contributed by atoms with E-state index in [9.17, 15) is 4.79 Å². The highest BCUT2D eigenvalue weighted by molar-refractivity contribution is 5.99. The summed E-state index contributed by atoms with van der Waals surface area (Å²) in [7, 11) is 1.59. The van der Waals surface area contributed by atoms with Crippen LogP contribution >= 0.6 is 0 Å². The van der Waals surface area contributed by atoms with E-state index in [2.05, 4.69) is 39.8 Å². The SMILES string of the molecule is CCC(=O)c1cc2c(cc1OCOC)C(C)(C)CCC2(C)C. The van der Waals surface area contributed by atoms with Crippen LogP contribution in [0.5, 0.6) is 5.75 Å². The maximum Gasteiger partial charge on any atom is 0.188 e. The number of hydrogen-bond acceptors (Lipinski definition) is 3.